The molecule has 0 saturated heterocycles. The van der Waals surface area contributed by atoms with Gasteiger partial charge in [0.1, 0.15) is 16.5 Å². The molecule has 0 fully saturated rings. The molecule has 7 heteroatoms. The summed E-state index contributed by atoms with van der Waals surface area (Å²) in [5, 5.41) is 10.9. The molecular formula is C13H11ClN4OS. The van der Waals surface area contributed by atoms with Gasteiger partial charge in [0.25, 0.3) is 0 Å². The maximum absolute atomic E-state index is 9.35. The summed E-state index contributed by atoms with van der Waals surface area (Å²) in [4.78, 5) is 15.7. The number of fused-ring (bicyclic) bond motifs is 1. The fourth-order valence-corrected chi connectivity index (χ4v) is 2.96. The Morgan fingerprint density at radius 1 is 1.35 bits per heavy atom. The summed E-state index contributed by atoms with van der Waals surface area (Å²) in [6.45, 7) is 1.82. The fourth-order valence-electron chi connectivity index (χ4n) is 1.84. The Balaban J connectivity index is 1.99. The Hall–Kier alpha value is -1.63. The van der Waals surface area contributed by atoms with E-state index in [9.17, 15) is 5.11 Å². The van der Waals surface area contributed by atoms with Crippen LogP contribution in [0, 0.1) is 6.92 Å². The number of imidazole rings is 1. The lowest BCUT2D eigenvalue weighted by Gasteiger charge is -2.04. The summed E-state index contributed by atoms with van der Waals surface area (Å²) in [7, 11) is 0. The van der Waals surface area contributed by atoms with Crippen molar-refractivity contribution < 1.29 is 5.11 Å². The number of hydrogen-bond donors (Lipinski definition) is 2. The SMILES string of the molecule is Cc1ccc2nc(Sc3ncnc(Cl)c3CO)[nH]c2c1. The smallest absolute Gasteiger partial charge is 0.172 e. The Morgan fingerprint density at radius 2 is 2.20 bits per heavy atom. The van der Waals surface area contributed by atoms with Gasteiger partial charge in [0, 0.05) is 5.56 Å². The molecule has 3 rings (SSSR count). The zero-order valence-electron chi connectivity index (χ0n) is 10.6. The van der Waals surface area contributed by atoms with E-state index in [1.807, 2.05) is 25.1 Å². The van der Waals surface area contributed by atoms with Crippen LogP contribution >= 0.6 is 23.4 Å². The van der Waals surface area contributed by atoms with Crippen molar-refractivity contribution >= 4 is 34.4 Å². The normalized spacial score (nSPS) is 11.2. The lowest BCUT2D eigenvalue weighted by atomic mass is 10.2. The van der Waals surface area contributed by atoms with Crippen LogP contribution in [0.1, 0.15) is 11.1 Å². The van der Waals surface area contributed by atoms with Crippen LogP contribution in [0.3, 0.4) is 0 Å². The number of hydrogen-bond acceptors (Lipinski definition) is 5. The van der Waals surface area contributed by atoms with Gasteiger partial charge in [-0.3, -0.25) is 0 Å². The number of aliphatic hydroxyl groups is 1. The van der Waals surface area contributed by atoms with Gasteiger partial charge in [-0.25, -0.2) is 15.0 Å². The number of aliphatic hydroxyl groups excluding tert-OH is 1. The first-order valence-corrected chi connectivity index (χ1v) is 7.11. The molecule has 3 aromatic rings. The van der Waals surface area contributed by atoms with Crippen LogP contribution in [0.15, 0.2) is 34.7 Å². The van der Waals surface area contributed by atoms with Crippen LogP contribution in [0.25, 0.3) is 11.0 Å². The van der Waals surface area contributed by atoms with Crippen molar-refractivity contribution in [1.29, 1.82) is 0 Å². The minimum Gasteiger partial charge on any atom is -0.391 e. The first kappa shape index (κ1) is 13.4. The molecule has 0 unspecified atom stereocenters. The maximum atomic E-state index is 9.35. The molecule has 1 aromatic carbocycles. The number of nitrogens with zero attached hydrogens (tertiary/aromatic N) is 3. The highest BCUT2D eigenvalue weighted by molar-refractivity contribution is 7.99. The number of aromatic amines is 1. The third kappa shape index (κ3) is 2.49. The van der Waals surface area contributed by atoms with Gasteiger partial charge in [0.2, 0.25) is 0 Å². The van der Waals surface area contributed by atoms with Gasteiger partial charge >= 0.3 is 0 Å². The molecule has 0 radical (unpaired) electrons. The molecule has 2 N–H and O–H groups in total. The minimum atomic E-state index is -0.207. The van der Waals surface area contributed by atoms with Gasteiger partial charge < -0.3 is 10.1 Å². The molecule has 0 saturated carbocycles. The summed E-state index contributed by atoms with van der Waals surface area (Å²) >= 11 is 7.26. The molecule has 0 aliphatic rings. The van der Waals surface area contributed by atoms with E-state index >= 15 is 0 Å². The zero-order valence-corrected chi connectivity index (χ0v) is 12.2. The van der Waals surface area contributed by atoms with E-state index in [1.54, 1.807) is 0 Å². The molecule has 2 heterocycles. The third-order valence-corrected chi connectivity index (χ3v) is 4.08. The van der Waals surface area contributed by atoms with Crippen molar-refractivity contribution in [3.05, 3.63) is 40.8 Å². The van der Waals surface area contributed by atoms with Gasteiger partial charge in [-0.1, -0.05) is 17.7 Å². The van der Waals surface area contributed by atoms with Crippen molar-refractivity contribution in [3.8, 4) is 0 Å². The number of aryl methyl sites for hydroxylation is 1. The number of H-pyrrole nitrogens is 1. The predicted molar refractivity (Wildman–Crippen MR) is 77.9 cm³/mol. The lowest BCUT2D eigenvalue weighted by Crippen LogP contribution is -1.95. The van der Waals surface area contributed by atoms with E-state index in [-0.39, 0.29) is 11.8 Å². The van der Waals surface area contributed by atoms with Gasteiger partial charge in [-0.05, 0) is 36.4 Å². The van der Waals surface area contributed by atoms with Gasteiger partial charge in [0.15, 0.2) is 5.16 Å². The van der Waals surface area contributed by atoms with Gasteiger partial charge in [-0.15, -0.1) is 0 Å². The number of halogens is 1. The maximum Gasteiger partial charge on any atom is 0.172 e. The monoisotopic (exact) mass is 306 g/mol. The lowest BCUT2D eigenvalue weighted by molar-refractivity contribution is 0.277. The van der Waals surface area contributed by atoms with Gasteiger partial charge in [0.05, 0.1) is 17.6 Å². The highest BCUT2D eigenvalue weighted by atomic mass is 35.5. The predicted octanol–water partition coefficient (Wildman–Crippen LogP) is 2.96. The first-order valence-electron chi connectivity index (χ1n) is 5.92. The quantitative estimate of drug-likeness (QED) is 0.728. The second kappa shape index (κ2) is 5.40. The molecule has 2 aromatic heterocycles. The van der Waals surface area contributed by atoms with Crippen molar-refractivity contribution in [2.24, 2.45) is 0 Å². The summed E-state index contributed by atoms with van der Waals surface area (Å²) in [5.41, 5.74) is 3.54. The topological polar surface area (TPSA) is 74.7 Å². The standard InChI is InChI=1S/C13H11ClN4OS/c1-7-2-3-9-10(4-7)18-13(17-9)20-12-8(5-19)11(14)15-6-16-12/h2-4,6,19H,5H2,1H3,(H,17,18). The number of rotatable bonds is 3. The third-order valence-electron chi connectivity index (χ3n) is 2.82. The summed E-state index contributed by atoms with van der Waals surface area (Å²) in [6, 6.07) is 6.01. The van der Waals surface area contributed by atoms with Crippen molar-refractivity contribution in [2.75, 3.05) is 0 Å². The molecule has 0 aliphatic heterocycles. The van der Waals surface area contributed by atoms with Crippen molar-refractivity contribution in [1.82, 2.24) is 19.9 Å². The molecule has 102 valence electrons. The average molecular weight is 307 g/mol. The van der Waals surface area contributed by atoms with Crippen LogP contribution in [-0.2, 0) is 6.61 Å². The number of nitrogens with one attached hydrogen (secondary N) is 1. The van der Waals surface area contributed by atoms with E-state index in [1.165, 1.54) is 23.7 Å². The average Bonchev–Trinajstić information content (AvgIpc) is 2.80. The highest BCUT2D eigenvalue weighted by Crippen LogP contribution is 2.30. The zero-order chi connectivity index (χ0) is 14.1. The van der Waals surface area contributed by atoms with E-state index in [4.69, 9.17) is 11.6 Å². The summed E-state index contributed by atoms with van der Waals surface area (Å²) in [5.74, 6) is 0. The Morgan fingerprint density at radius 3 is 3.00 bits per heavy atom. The van der Waals surface area contributed by atoms with Crippen LogP contribution in [-0.4, -0.2) is 25.0 Å². The molecule has 0 amide bonds. The van der Waals surface area contributed by atoms with E-state index in [0.717, 1.165) is 11.0 Å². The molecule has 0 aliphatic carbocycles. The van der Waals surface area contributed by atoms with Crippen LogP contribution in [0.4, 0.5) is 0 Å². The second-order valence-corrected chi connectivity index (χ2v) is 5.61. The Kier molecular flexibility index (Phi) is 3.60. The minimum absolute atomic E-state index is 0.207. The number of aromatic nitrogens is 4. The van der Waals surface area contributed by atoms with E-state index in [2.05, 4.69) is 19.9 Å². The van der Waals surface area contributed by atoms with Crippen molar-refractivity contribution in [3.63, 3.8) is 0 Å². The molecule has 5 nitrogen and oxygen atoms in total. The summed E-state index contributed by atoms with van der Waals surface area (Å²) < 4.78 is 0. The fraction of sp³-hybridized carbons (Fsp3) is 0.154. The van der Waals surface area contributed by atoms with E-state index < -0.39 is 0 Å². The van der Waals surface area contributed by atoms with Crippen molar-refractivity contribution in [2.45, 2.75) is 23.7 Å². The van der Waals surface area contributed by atoms with Crippen LogP contribution < -0.4 is 0 Å². The van der Waals surface area contributed by atoms with Crippen LogP contribution in [0.2, 0.25) is 5.15 Å². The Labute approximate surface area is 124 Å². The first-order chi connectivity index (χ1) is 9.67. The molecule has 0 atom stereocenters. The van der Waals surface area contributed by atoms with Crippen LogP contribution in [0.5, 0.6) is 0 Å². The molecule has 0 bridgehead atoms. The van der Waals surface area contributed by atoms with Gasteiger partial charge in [-0.2, -0.15) is 0 Å². The molecular weight excluding hydrogens is 296 g/mol. The highest BCUT2D eigenvalue weighted by Gasteiger charge is 2.12. The van der Waals surface area contributed by atoms with E-state index in [0.29, 0.717) is 15.7 Å². The second-order valence-electron chi connectivity index (χ2n) is 4.27. The number of benzene rings is 1. The Bertz CT molecular complexity index is 774. The molecule has 20 heavy (non-hydrogen) atoms. The summed E-state index contributed by atoms with van der Waals surface area (Å²) in [6.07, 6.45) is 1.37. The molecule has 0 spiro atoms. The largest absolute Gasteiger partial charge is 0.391 e.